The third-order valence-electron chi connectivity index (χ3n) is 4.20. The molecule has 0 aromatic heterocycles. The molecule has 6 heteroatoms. The van der Waals surface area contributed by atoms with Crippen LogP contribution in [0.5, 0.6) is 0 Å². The Morgan fingerprint density at radius 3 is 2.42 bits per heavy atom. The number of aliphatic carboxylic acids is 1. The lowest BCUT2D eigenvalue weighted by Gasteiger charge is -2.36. The van der Waals surface area contributed by atoms with Crippen molar-refractivity contribution < 1.29 is 24.5 Å². The van der Waals surface area contributed by atoms with Crippen LogP contribution in [0.3, 0.4) is 0 Å². The number of rotatable bonds is 3. The fraction of sp³-hybridized carbons (Fsp3) is 0.846. The third-order valence-corrected chi connectivity index (χ3v) is 4.20. The van der Waals surface area contributed by atoms with Crippen molar-refractivity contribution in [2.24, 2.45) is 17.3 Å². The molecule has 1 saturated heterocycles. The molecule has 1 aliphatic heterocycles. The molecule has 108 valence electrons. The zero-order valence-corrected chi connectivity index (χ0v) is 11.5. The molecule has 0 aromatic rings. The maximum atomic E-state index is 12.4. The highest BCUT2D eigenvalue weighted by molar-refractivity contribution is 5.91. The van der Waals surface area contributed by atoms with Crippen molar-refractivity contribution >= 4 is 11.9 Å². The van der Waals surface area contributed by atoms with E-state index in [4.69, 9.17) is 14.9 Å². The molecule has 1 amide bonds. The number of nitrogens with zero attached hydrogens (tertiary/aromatic N) is 1. The van der Waals surface area contributed by atoms with Crippen LogP contribution in [0.2, 0.25) is 0 Å². The lowest BCUT2D eigenvalue weighted by Crippen LogP contribution is -2.51. The summed E-state index contributed by atoms with van der Waals surface area (Å²) in [6, 6.07) is 0. The number of ether oxygens (including phenoxy) is 1. The lowest BCUT2D eigenvalue weighted by atomic mass is 10.1. The van der Waals surface area contributed by atoms with Gasteiger partial charge in [-0.3, -0.25) is 9.59 Å². The first-order valence-electron chi connectivity index (χ1n) is 6.57. The van der Waals surface area contributed by atoms with Crippen molar-refractivity contribution in [1.82, 2.24) is 4.90 Å². The molecule has 2 unspecified atom stereocenters. The van der Waals surface area contributed by atoms with Gasteiger partial charge in [-0.25, -0.2) is 0 Å². The van der Waals surface area contributed by atoms with Gasteiger partial charge in [0, 0.05) is 13.1 Å². The van der Waals surface area contributed by atoms with Gasteiger partial charge in [-0.2, -0.15) is 0 Å². The largest absolute Gasteiger partial charge is 0.481 e. The number of aliphatic hydroxyl groups excluding tert-OH is 1. The van der Waals surface area contributed by atoms with Crippen LogP contribution in [0.25, 0.3) is 0 Å². The molecule has 4 atom stereocenters. The number of carbonyl (C=O) groups excluding carboxylic acids is 1. The highest BCUT2D eigenvalue weighted by atomic mass is 16.5. The van der Waals surface area contributed by atoms with Crippen molar-refractivity contribution in [2.45, 2.75) is 33.0 Å². The van der Waals surface area contributed by atoms with Crippen LogP contribution in [0.4, 0.5) is 0 Å². The number of carboxylic acid groups (broad SMARTS) is 1. The summed E-state index contributed by atoms with van der Waals surface area (Å²) in [5.41, 5.74) is -0.487. The van der Waals surface area contributed by atoms with Crippen molar-refractivity contribution in [3.8, 4) is 0 Å². The van der Waals surface area contributed by atoms with Crippen molar-refractivity contribution in [2.75, 3.05) is 19.7 Å². The summed E-state index contributed by atoms with van der Waals surface area (Å²) in [5.74, 6) is -2.12. The molecule has 6 nitrogen and oxygen atoms in total. The number of hydrogen-bond acceptors (Lipinski definition) is 4. The SMILES string of the molecule is CC1CN(C(=O)[C@H]2[C@@H](C(=O)O)C2(C)C)CC(CO)O1. The van der Waals surface area contributed by atoms with Gasteiger partial charge in [-0.05, 0) is 12.3 Å². The van der Waals surface area contributed by atoms with Crippen LogP contribution in [0.15, 0.2) is 0 Å². The Morgan fingerprint density at radius 2 is 1.95 bits per heavy atom. The van der Waals surface area contributed by atoms with Crippen molar-refractivity contribution in [3.05, 3.63) is 0 Å². The molecule has 0 aromatic carbocycles. The Balaban J connectivity index is 2.06. The van der Waals surface area contributed by atoms with Crippen LogP contribution in [-0.2, 0) is 14.3 Å². The number of carbonyl (C=O) groups is 2. The van der Waals surface area contributed by atoms with E-state index in [1.165, 1.54) is 0 Å². The minimum absolute atomic E-state index is 0.133. The number of aliphatic hydroxyl groups is 1. The van der Waals surface area contributed by atoms with E-state index in [0.717, 1.165) is 0 Å². The first-order chi connectivity index (χ1) is 8.78. The zero-order chi connectivity index (χ0) is 14.4. The fourth-order valence-corrected chi connectivity index (χ4v) is 3.08. The molecule has 2 rings (SSSR count). The maximum absolute atomic E-state index is 12.4. The van der Waals surface area contributed by atoms with Gasteiger partial charge in [0.2, 0.25) is 5.91 Å². The van der Waals surface area contributed by atoms with Crippen LogP contribution in [0, 0.1) is 17.3 Å². The fourth-order valence-electron chi connectivity index (χ4n) is 3.08. The molecule has 0 spiro atoms. The van der Waals surface area contributed by atoms with E-state index in [-0.39, 0.29) is 24.7 Å². The van der Waals surface area contributed by atoms with Gasteiger partial charge in [0.1, 0.15) is 0 Å². The summed E-state index contributed by atoms with van der Waals surface area (Å²) in [6.45, 7) is 6.11. The molecule has 0 bridgehead atoms. The quantitative estimate of drug-likeness (QED) is 0.751. The molecule has 1 saturated carbocycles. The van der Waals surface area contributed by atoms with E-state index in [1.807, 2.05) is 20.8 Å². The molecular weight excluding hydrogens is 250 g/mol. The average molecular weight is 271 g/mol. The van der Waals surface area contributed by atoms with Crippen molar-refractivity contribution in [1.29, 1.82) is 0 Å². The van der Waals surface area contributed by atoms with Crippen molar-refractivity contribution in [3.63, 3.8) is 0 Å². The molecule has 19 heavy (non-hydrogen) atoms. The van der Waals surface area contributed by atoms with E-state index >= 15 is 0 Å². The monoisotopic (exact) mass is 271 g/mol. The minimum Gasteiger partial charge on any atom is -0.481 e. The predicted octanol–water partition coefficient (Wildman–Crippen LogP) is -0.0486. The second kappa shape index (κ2) is 4.76. The third kappa shape index (κ3) is 2.47. The van der Waals surface area contributed by atoms with Crippen LogP contribution >= 0.6 is 0 Å². The Morgan fingerprint density at radius 1 is 1.32 bits per heavy atom. The van der Waals surface area contributed by atoms with Crippen LogP contribution in [-0.4, -0.2) is 58.9 Å². The summed E-state index contributed by atoms with van der Waals surface area (Å²) in [5, 5.41) is 18.3. The second-order valence-corrected chi connectivity index (χ2v) is 6.11. The normalized spacial score (nSPS) is 36.9. The molecular formula is C13H21NO5. The summed E-state index contributed by atoms with van der Waals surface area (Å²) < 4.78 is 5.48. The Hall–Kier alpha value is -1.14. The van der Waals surface area contributed by atoms with Gasteiger partial charge in [0.15, 0.2) is 0 Å². The van der Waals surface area contributed by atoms with Gasteiger partial charge in [0.05, 0.1) is 30.7 Å². The molecule has 2 N–H and O–H groups in total. The highest BCUT2D eigenvalue weighted by Crippen LogP contribution is 2.59. The van der Waals surface area contributed by atoms with Gasteiger partial charge < -0.3 is 19.8 Å². The molecule has 1 heterocycles. The Bertz CT molecular complexity index is 394. The maximum Gasteiger partial charge on any atom is 0.307 e. The van der Waals surface area contributed by atoms with E-state index in [0.29, 0.717) is 13.1 Å². The van der Waals surface area contributed by atoms with Gasteiger partial charge in [-0.15, -0.1) is 0 Å². The van der Waals surface area contributed by atoms with E-state index in [1.54, 1.807) is 4.90 Å². The first kappa shape index (κ1) is 14.3. The number of hydrogen-bond donors (Lipinski definition) is 2. The van der Waals surface area contributed by atoms with Gasteiger partial charge in [0.25, 0.3) is 0 Å². The average Bonchev–Trinajstić information content (AvgIpc) is 2.90. The smallest absolute Gasteiger partial charge is 0.307 e. The topological polar surface area (TPSA) is 87.1 Å². The second-order valence-electron chi connectivity index (χ2n) is 6.11. The summed E-state index contributed by atoms with van der Waals surface area (Å²) >= 11 is 0. The molecule has 0 radical (unpaired) electrons. The summed E-state index contributed by atoms with van der Waals surface area (Å²) in [6.07, 6.45) is -0.516. The summed E-state index contributed by atoms with van der Waals surface area (Å²) in [4.78, 5) is 25.2. The Labute approximate surface area is 112 Å². The molecule has 2 aliphatic rings. The number of carboxylic acids is 1. The summed E-state index contributed by atoms with van der Waals surface area (Å²) in [7, 11) is 0. The van der Waals surface area contributed by atoms with Gasteiger partial charge in [-0.1, -0.05) is 13.8 Å². The molecule has 1 aliphatic carbocycles. The van der Waals surface area contributed by atoms with E-state index in [2.05, 4.69) is 0 Å². The number of amides is 1. The van der Waals surface area contributed by atoms with Crippen LogP contribution < -0.4 is 0 Å². The zero-order valence-electron chi connectivity index (χ0n) is 11.5. The molecule has 2 fully saturated rings. The van der Waals surface area contributed by atoms with Crippen LogP contribution in [0.1, 0.15) is 20.8 Å². The lowest BCUT2D eigenvalue weighted by molar-refractivity contribution is -0.151. The van der Waals surface area contributed by atoms with E-state index < -0.39 is 23.2 Å². The van der Waals surface area contributed by atoms with Gasteiger partial charge >= 0.3 is 5.97 Å². The minimum atomic E-state index is -0.914. The predicted molar refractivity (Wildman–Crippen MR) is 66.4 cm³/mol. The standard InChI is InChI=1S/C13H21NO5/c1-7-4-14(5-8(6-15)19-7)11(16)9-10(12(17)18)13(9,2)3/h7-10,15H,4-6H2,1-3H3,(H,17,18)/t7?,8?,9-,10+/m1/s1. The highest BCUT2D eigenvalue weighted by Gasteiger charge is 2.66. The van der Waals surface area contributed by atoms with E-state index in [9.17, 15) is 9.59 Å². The first-order valence-corrected chi connectivity index (χ1v) is 6.57. The Kier molecular flexibility index (Phi) is 3.57. The number of morpholine rings is 1.